The number of para-hydroxylation sites is 1. The van der Waals surface area contributed by atoms with Crippen molar-refractivity contribution in [2.24, 2.45) is 0 Å². The molecule has 0 aliphatic carbocycles. The van der Waals surface area contributed by atoms with Gasteiger partial charge in [0.2, 0.25) is 0 Å². The third kappa shape index (κ3) is 2.04. The normalized spacial score (nSPS) is 26.2. The lowest BCUT2D eigenvalue weighted by molar-refractivity contribution is 0.0926. The molecule has 116 valence electrons. The molecule has 2 bridgehead atoms. The molecule has 0 spiro atoms. The minimum absolute atomic E-state index is 0.119. The second-order valence-corrected chi connectivity index (χ2v) is 6.53. The van der Waals surface area contributed by atoms with E-state index in [1.54, 1.807) is 12.3 Å². The van der Waals surface area contributed by atoms with Crippen LogP contribution in [0.5, 0.6) is 0 Å². The molecule has 4 heterocycles. The van der Waals surface area contributed by atoms with E-state index in [1.807, 2.05) is 24.3 Å². The Morgan fingerprint density at radius 3 is 2.96 bits per heavy atom. The van der Waals surface area contributed by atoms with Crippen LogP contribution in [0.15, 0.2) is 40.9 Å². The number of hydrogen-bond acceptors (Lipinski definition) is 4. The Bertz CT molecular complexity index is 917. The van der Waals surface area contributed by atoms with Crippen LogP contribution in [0.4, 0.5) is 0 Å². The number of amides is 1. The van der Waals surface area contributed by atoms with E-state index in [1.165, 1.54) is 6.42 Å². The lowest BCUT2D eigenvalue weighted by Crippen LogP contribution is -2.43. The van der Waals surface area contributed by atoms with Gasteiger partial charge in [0.25, 0.3) is 5.91 Å². The number of pyridine rings is 1. The van der Waals surface area contributed by atoms with E-state index in [-0.39, 0.29) is 11.9 Å². The van der Waals surface area contributed by atoms with Crippen LogP contribution in [0.3, 0.4) is 0 Å². The van der Waals surface area contributed by atoms with E-state index in [9.17, 15) is 4.79 Å². The molecule has 5 nitrogen and oxygen atoms in total. The highest BCUT2D eigenvalue weighted by Gasteiger charge is 2.39. The summed E-state index contributed by atoms with van der Waals surface area (Å²) in [6.45, 7) is 0. The third-order valence-electron chi connectivity index (χ3n) is 5.11. The van der Waals surface area contributed by atoms with Gasteiger partial charge in [-0.3, -0.25) is 9.78 Å². The van der Waals surface area contributed by atoms with Crippen molar-refractivity contribution in [3.8, 4) is 0 Å². The third-order valence-corrected chi connectivity index (χ3v) is 5.11. The highest BCUT2D eigenvalue weighted by atomic mass is 16.3. The quantitative estimate of drug-likeness (QED) is 0.763. The SMILES string of the molecule is O=C(N[C@@H]1CC2CCC1N2)c1cc2oc3ccccc3c2cn1. The number of hydrogen-bond donors (Lipinski definition) is 2. The minimum atomic E-state index is -0.119. The Morgan fingerprint density at radius 2 is 2.13 bits per heavy atom. The van der Waals surface area contributed by atoms with Crippen molar-refractivity contribution in [2.75, 3.05) is 0 Å². The molecule has 2 aliphatic rings. The molecule has 2 saturated heterocycles. The zero-order valence-corrected chi connectivity index (χ0v) is 12.6. The maximum absolute atomic E-state index is 12.5. The average molecular weight is 307 g/mol. The Balaban J connectivity index is 1.45. The van der Waals surface area contributed by atoms with E-state index in [4.69, 9.17) is 4.42 Å². The fraction of sp³-hybridized carbons (Fsp3) is 0.333. The van der Waals surface area contributed by atoms with Crippen molar-refractivity contribution < 1.29 is 9.21 Å². The predicted octanol–water partition coefficient (Wildman–Crippen LogP) is 2.60. The molecule has 23 heavy (non-hydrogen) atoms. The van der Waals surface area contributed by atoms with Crippen LogP contribution in [0, 0.1) is 0 Å². The largest absolute Gasteiger partial charge is 0.456 e. The summed E-state index contributed by atoms with van der Waals surface area (Å²) < 4.78 is 5.83. The fourth-order valence-corrected chi connectivity index (χ4v) is 3.97. The lowest BCUT2D eigenvalue weighted by atomic mass is 9.95. The van der Waals surface area contributed by atoms with Gasteiger partial charge in [0.1, 0.15) is 16.9 Å². The number of fused-ring (bicyclic) bond motifs is 5. The van der Waals surface area contributed by atoms with E-state index in [0.29, 0.717) is 23.4 Å². The van der Waals surface area contributed by atoms with Crippen LogP contribution in [-0.2, 0) is 0 Å². The fourth-order valence-electron chi connectivity index (χ4n) is 3.97. The standard InChI is InChI=1S/C18H17N3O2/c22-18(21-14-7-10-5-6-13(14)20-10)15-8-17-12(9-19-15)11-3-1-2-4-16(11)23-17/h1-4,8-10,13-14,20H,5-7H2,(H,21,22)/t10?,13?,14-/m1/s1. The summed E-state index contributed by atoms with van der Waals surface area (Å²) in [5, 5.41) is 8.62. The second kappa shape index (κ2) is 4.80. The molecule has 2 aliphatic heterocycles. The topological polar surface area (TPSA) is 67.2 Å². The van der Waals surface area contributed by atoms with Crippen LogP contribution in [-0.4, -0.2) is 29.0 Å². The van der Waals surface area contributed by atoms with Gasteiger partial charge in [0, 0.05) is 41.2 Å². The van der Waals surface area contributed by atoms with Crippen LogP contribution >= 0.6 is 0 Å². The molecular formula is C18H17N3O2. The summed E-state index contributed by atoms with van der Waals surface area (Å²) in [5.74, 6) is -0.119. The van der Waals surface area contributed by atoms with Crippen molar-refractivity contribution >= 4 is 27.8 Å². The van der Waals surface area contributed by atoms with Gasteiger partial charge in [0.15, 0.2) is 0 Å². The van der Waals surface area contributed by atoms with Crippen LogP contribution in [0.1, 0.15) is 29.8 Å². The number of aromatic nitrogens is 1. The first-order chi connectivity index (χ1) is 11.3. The molecule has 0 radical (unpaired) electrons. The lowest BCUT2D eigenvalue weighted by Gasteiger charge is -2.21. The van der Waals surface area contributed by atoms with Crippen LogP contribution in [0.25, 0.3) is 21.9 Å². The van der Waals surface area contributed by atoms with Gasteiger partial charge in [-0.25, -0.2) is 0 Å². The molecule has 2 unspecified atom stereocenters. The number of carbonyl (C=O) groups is 1. The van der Waals surface area contributed by atoms with Gasteiger partial charge in [-0.1, -0.05) is 18.2 Å². The molecule has 1 amide bonds. The summed E-state index contributed by atoms with van der Waals surface area (Å²) in [7, 11) is 0. The molecular weight excluding hydrogens is 290 g/mol. The molecule has 3 atom stereocenters. The van der Waals surface area contributed by atoms with Crippen molar-refractivity contribution in [3.05, 3.63) is 42.2 Å². The zero-order chi connectivity index (χ0) is 15.4. The summed E-state index contributed by atoms with van der Waals surface area (Å²) in [6, 6.07) is 10.8. The number of furan rings is 1. The van der Waals surface area contributed by atoms with Crippen molar-refractivity contribution in [2.45, 2.75) is 37.4 Å². The molecule has 5 heteroatoms. The molecule has 2 aromatic heterocycles. The Hall–Kier alpha value is -2.40. The minimum Gasteiger partial charge on any atom is -0.456 e. The summed E-state index contributed by atoms with van der Waals surface area (Å²) >= 11 is 0. The van der Waals surface area contributed by atoms with Crippen LogP contribution in [0.2, 0.25) is 0 Å². The monoisotopic (exact) mass is 307 g/mol. The van der Waals surface area contributed by atoms with E-state index < -0.39 is 0 Å². The maximum Gasteiger partial charge on any atom is 0.270 e. The molecule has 0 saturated carbocycles. The van der Waals surface area contributed by atoms with Crippen molar-refractivity contribution in [1.29, 1.82) is 0 Å². The molecule has 1 aromatic carbocycles. The first kappa shape index (κ1) is 13.1. The number of nitrogens with one attached hydrogen (secondary N) is 2. The number of rotatable bonds is 2. The second-order valence-electron chi connectivity index (χ2n) is 6.53. The number of nitrogens with zero attached hydrogens (tertiary/aromatic N) is 1. The highest BCUT2D eigenvalue weighted by Crippen LogP contribution is 2.30. The highest BCUT2D eigenvalue weighted by molar-refractivity contribution is 6.06. The summed E-state index contributed by atoms with van der Waals surface area (Å²) in [4.78, 5) is 16.8. The van der Waals surface area contributed by atoms with Gasteiger partial charge < -0.3 is 15.1 Å². The predicted molar refractivity (Wildman–Crippen MR) is 87.3 cm³/mol. The Kier molecular flexibility index (Phi) is 2.73. The first-order valence-corrected chi connectivity index (χ1v) is 8.12. The molecule has 2 N–H and O–H groups in total. The van der Waals surface area contributed by atoms with E-state index >= 15 is 0 Å². The Morgan fingerprint density at radius 1 is 1.22 bits per heavy atom. The zero-order valence-electron chi connectivity index (χ0n) is 12.6. The molecule has 3 aromatic rings. The van der Waals surface area contributed by atoms with Crippen molar-refractivity contribution in [3.63, 3.8) is 0 Å². The van der Waals surface area contributed by atoms with Gasteiger partial charge in [-0.2, -0.15) is 0 Å². The number of carbonyl (C=O) groups excluding carboxylic acids is 1. The molecule has 2 fully saturated rings. The van der Waals surface area contributed by atoms with E-state index in [0.717, 1.165) is 29.2 Å². The first-order valence-electron chi connectivity index (χ1n) is 8.12. The van der Waals surface area contributed by atoms with Crippen LogP contribution < -0.4 is 10.6 Å². The van der Waals surface area contributed by atoms with E-state index in [2.05, 4.69) is 15.6 Å². The van der Waals surface area contributed by atoms with Gasteiger partial charge in [-0.05, 0) is 25.3 Å². The maximum atomic E-state index is 12.5. The molecule has 5 rings (SSSR count). The smallest absolute Gasteiger partial charge is 0.270 e. The van der Waals surface area contributed by atoms with Gasteiger partial charge in [-0.15, -0.1) is 0 Å². The average Bonchev–Trinajstić information content (AvgIpc) is 3.27. The Labute approximate surface area is 133 Å². The summed E-state index contributed by atoms with van der Waals surface area (Å²) in [6.07, 6.45) is 5.12. The van der Waals surface area contributed by atoms with Crippen molar-refractivity contribution in [1.82, 2.24) is 15.6 Å². The summed E-state index contributed by atoms with van der Waals surface area (Å²) in [5.41, 5.74) is 1.94. The van der Waals surface area contributed by atoms with Gasteiger partial charge >= 0.3 is 0 Å². The van der Waals surface area contributed by atoms with Gasteiger partial charge in [0.05, 0.1) is 0 Å². The number of benzene rings is 1.